The Kier molecular flexibility index (Phi) is 4.76. The van der Waals surface area contributed by atoms with Crippen LogP contribution in [0.3, 0.4) is 0 Å². The van der Waals surface area contributed by atoms with Gasteiger partial charge in [-0.15, -0.1) is 0 Å². The van der Waals surface area contributed by atoms with Gasteiger partial charge in [0.15, 0.2) is 0 Å². The Balaban J connectivity index is 1.89. The van der Waals surface area contributed by atoms with Gasteiger partial charge in [0.25, 0.3) is 5.91 Å². The number of hydrogen-bond acceptors (Lipinski definition) is 4. The van der Waals surface area contributed by atoms with E-state index in [4.69, 9.17) is 16.0 Å². The van der Waals surface area contributed by atoms with Gasteiger partial charge in [0.05, 0.1) is 11.3 Å². The Bertz CT molecular complexity index is 554. The molecule has 2 N–H and O–H groups in total. The van der Waals surface area contributed by atoms with E-state index in [1.54, 1.807) is 31.2 Å². The number of amides is 1. The number of aromatic nitrogens is 1. The summed E-state index contributed by atoms with van der Waals surface area (Å²) < 4.78 is 5.11. The van der Waals surface area contributed by atoms with Crippen LogP contribution in [0, 0.1) is 0 Å². The third kappa shape index (κ3) is 3.82. The van der Waals surface area contributed by atoms with Crippen molar-refractivity contribution in [2.75, 3.05) is 0 Å². The fraction of sp³-hybridized carbons (Fsp3) is 0.286. The monoisotopic (exact) mass is 294 g/mol. The van der Waals surface area contributed by atoms with E-state index >= 15 is 0 Å². The molecule has 6 heteroatoms. The number of furan rings is 1. The van der Waals surface area contributed by atoms with Crippen LogP contribution in [0.2, 0.25) is 5.02 Å². The number of nitrogens with one attached hydrogen (secondary N) is 1. The maximum absolute atomic E-state index is 11.9. The lowest BCUT2D eigenvalue weighted by molar-refractivity contribution is 0.0898. The molecule has 0 fully saturated rings. The van der Waals surface area contributed by atoms with Crippen LogP contribution in [0.5, 0.6) is 0 Å². The van der Waals surface area contributed by atoms with Gasteiger partial charge in [0, 0.05) is 18.7 Å². The van der Waals surface area contributed by atoms with Crippen LogP contribution in [0.25, 0.3) is 0 Å². The molecule has 0 bridgehead atoms. The van der Waals surface area contributed by atoms with Crippen LogP contribution < -0.4 is 5.32 Å². The average Bonchev–Trinajstić information content (AvgIpc) is 2.93. The first kappa shape index (κ1) is 14.6. The SMILES string of the molecule is CC(CC(O)c1ccco1)NC(=O)c1ccc(Cl)cn1. The molecule has 1 amide bonds. The summed E-state index contributed by atoms with van der Waals surface area (Å²) in [5, 5.41) is 13.2. The summed E-state index contributed by atoms with van der Waals surface area (Å²) in [5.41, 5.74) is 0.286. The summed E-state index contributed by atoms with van der Waals surface area (Å²) in [4.78, 5) is 15.8. The summed E-state index contributed by atoms with van der Waals surface area (Å²) >= 11 is 5.71. The van der Waals surface area contributed by atoms with Crippen LogP contribution in [-0.2, 0) is 0 Å². The Morgan fingerprint density at radius 1 is 1.50 bits per heavy atom. The highest BCUT2D eigenvalue weighted by Gasteiger charge is 2.17. The van der Waals surface area contributed by atoms with Gasteiger partial charge >= 0.3 is 0 Å². The second-order valence-corrected chi connectivity index (χ2v) is 4.94. The molecular formula is C14H15ClN2O3. The Morgan fingerprint density at radius 3 is 2.90 bits per heavy atom. The maximum Gasteiger partial charge on any atom is 0.270 e. The molecule has 0 aliphatic carbocycles. The number of pyridine rings is 1. The lowest BCUT2D eigenvalue weighted by atomic mass is 10.1. The molecule has 2 heterocycles. The van der Waals surface area contributed by atoms with Gasteiger partial charge < -0.3 is 14.8 Å². The first-order valence-corrected chi connectivity index (χ1v) is 6.58. The van der Waals surface area contributed by atoms with E-state index in [1.165, 1.54) is 12.5 Å². The second kappa shape index (κ2) is 6.54. The molecule has 2 atom stereocenters. The van der Waals surface area contributed by atoms with E-state index < -0.39 is 6.10 Å². The fourth-order valence-corrected chi connectivity index (χ4v) is 1.91. The van der Waals surface area contributed by atoms with E-state index in [9.17, 15) is 9.90 Å². The fourth-order valence-electron chi connectivity index (χ4n) is 1.80. The maximum atomic E-state index is 11.9. The molecule has 0 aliphatic rings. The number of carbonyl (C=O) groups excluding carboxylic acids is 1. The van der Waals surface area contributed by atoms with Gasteiger partial charge in [-0.1, -0.05) is 11.6 Å². The third-order valence-electron chi connectivity index (χ3n) is 2.79. The quantitative estimate of drug-likeness (QED) is 0.888. The molecule has 2 rings (SSSR count). The Morgan fingerprint density at radius 2 is 2.30 bits per heavy atom. The summed E-state index contributed by atoms with van der Waals surface area (Å²) in [5.74, 6) is 0.177. The molecule has 106 valence electrons. The van der Waals surface area contributed by atoms with Crippen molar-refractivity contribution in [2.24, 2.45) is 0 Å². The van der Waals surface area contributed by atoms with Gasteiger partial charge in [-0.2, -0.15) is 0 Å². The molecule has 0 saturated carbocycles. The predicted octanol–water partition coefficient (Wildman–Crippen LogP) is 2.57. The predicted molar refractivity (Wildman–Crippen MR) is 74.5 cm³/mol. The Labute approximate surface area is 121 Å². The van der Waals surface area contributed by atoms with Crippen molar-refractivity contribution in [3.8, 4) is 0 Å². The molecule has 0 spiro atoms. The number of rotatable bonds is 5. The highest BCUT2D eigenvalue weighted by Crippen LogP contribution is 2.18. The molecule has 0 radical (unpaired) electrons. The van der Waals surface area contributed by atoms with E-state index in [0.29, 0.717) is 17.2 Å². The van der Waals surface area contributed by atoms with Crippen molar-refractivity contribution < 1.29 is 14.3 Å². The summed E-state index contributed by atoms with van der Waals surface area (Å²) in [6.45, 7) is 1.81. The van der Waals surface area contributed by atoms with E-state index in [2.05, 4.69) is 10.3 Å². The van der Waals surface area contributed by atoms with Crippen LogP contribution >= 0.6 is 11.6 Å². The molecule has 2 unspecified atom stereocenters. The topological polar surface area (TPSA) is 75.4 Å². The zero-order chi connectivity index (χ0) is 14.5. The van der Waals surface area contributed by atoms with Gasteiger partial charge in [0.2, 0.25) is 0 Å². The molecule has 0 aliphatic heterocycles. The summed E-state index contributed by atoms with van der Waals surface area (Å²) in [7, 11) is 0. The molecule has 0 aromatic carbocycles. The zero-order valence-corrected chi connectivity index (χ0v) is 11.7. The van der Waals surface area contributed by atoms with Gasteiger partial charge in [-0.25, -0.2) is 4.98 Å². The van der Waals surface area contributed by atoms with Gasteiger partial charge in [-0.3, -0.25) is 4.79 Å². The van der Waals surface area contributed by atoms with Crippen molar-refractivity contribution in [3.05, 3.63) is 53.2 Å². The highest BCUT2D eigenvalue weighted by atomic mass is 35.5. The van der Waals surface area contributed by atoms with E-state index in [-0.39, 0.29) is 17.6 Å². The van der Waals surface area contributed by atoms with Gasteiger partial charge in [0.1, 0.15) is 17.6 Å². The van der Waals surface area contributed by atoms with Crippen LogP contribution in [0.4, 0.5) is 0 Å². The number of carbonyl (C=O) groups is 1. The van der Waals surface area contributed by atoms with Gasteiger partial charge in [-0.05, 0) is 31.2 Å². The first-order valence-electron chi connectivity index (χ1n) is 6.20. The molecule has 20 heavy (non-hydrogen) atoms. The van der Waals surface area contributed by atoms with Crippen molar-refractivity contribution in [3.63, 3.8) is 0 Å². The van der Waals surface area contributed by atoms with Crippen molar-refractivity contribution >= 4 is 17.5 Å². The highest BCUT2D eigenvalue weighted by molar-refractivity contribution is 6.30. The van der Waals surface area contributed by atoms with Crippen LogP contribution in [-0.4, -0.2) is 22.0 Å². The number of nitrogens with zero attached hydrogens (tertiary/aromatic N) is 1. The molecular weight excluding hydrogens is 280 g/mol. The minimum Gasteiger partial charge on any atom is -0.467 e. The summed E-state index contributed by atoms with van der Waals surface area (Å²) in [6.07, 6.45) is 2.52. The van der Waals surface area contributed by atoms with Crippen LogP contribution in [0.15, 0.2) is 41.1 Å². The first-order chi connectivity index (χ1) is 9.56. The molecule has 5 nitrogen and oxygen atoms in total. The lowest BCUT2D eigenvalue weighted by Crippen LogP contribution is -2.34. The lowest BCUT2D eigenvalue weighted by Gasteiger charge is -2.16. The largest absolute Gasteiger partial charge is 0.467 e. The minimum atomic E-state index is -0.751. The van der Waals surface area contributed by atoms with Crippen LogP contribution in [0.1, 0.15) is 35.7 Å². The average molecular weight is 295 g/mol. The van der Waals surface area contributed by atoms with Crippen molar-refractivity contribution in [1.29, 1.82) is 0 Å². The molecule has 2 aromatic rings. The second-order valence-electron chi connectivity index (χ2n) is 4.50. The zero-order valence-electron chi connectivity index (χ0n) is 10.9. The Hall–Kier alpha value is -1.85. The number of hydrogen-bond donors (Lipinski definition) is 2. The van der Waals surface area contributed by atoms with Crippen molar-refractivity contribution in [1.82, 2.24) is 10.3 Å². The molecule has 0 saturated heterocycles. The molecule has 2 aromatic heterocycles. The number of aliphatic hydroxyl groups excluding tert-OH is 1. The number of halogens is 1. The summed E-state index contributed by atoms with van der Waals surface area (Å²) in [6, 6.07) is 6.33. The normalized spacial score (nSPS) is 13.8. The van der Waals surface area contributed by atoms with E-state index in [0.717, 1.165) is 0 Å². The minimum absolute atomic E-state index is 0.222. The number of aliphatic hydroxyl groups is 1. The van der Waals surface area contributed by atoms with E-state index in [1.807, 2.05) is 0 Å². The standard InChI is InChI=1S/C14H15ClN2O3/c1-9(7-12(18)13-3-2-6-20-13)17-14(19)11-5-4-10(15)8-16-11/h2-6,8-9,12,18H,7H2,1H3,(H,17,19). The third-order valence-corrected chi connectivity index (χ3v) is 3.01. The van der Waals surface area contributed by atoms with Crippen molar-refractivity contribution in [2.45, 2.75) is 25.5 Å². The smallest absolute Gasteiger partial charge is 0.270 e.